The van der Waals surface area contributed by atoms with Crippen LogP contribution in [0.3, 0.4) is 0 Å². The third-order valence-corrected chi connectivity index (χ3v) is 3.61. The zero-order chi connectivity index (χ0) is 9.80. The first-order valence-corrected chi connectivity index (χ1v) is 6.26. The lowest BCUT2D eigenvalue weighted by molar-refractivity contribution is -0.119. The molecule has 76 valence electrons. The van der Waals surface area contributed by atoms with Gasteiger partial charge >= 0.3 is 0 Å². The van der Waals surface area contributed by atoms with E-state index in [1.54, 1.807) is 11.3 Å². The molecule has 14 heavy (non-hydrogen) atoms. The van der Waals surface area contributed by atoms with Crippen molar-refractivity contribution in [3.63, 3.8) is 0 Å². The molecule has 2 heteroatoms. The van der Waals surface area contributed by atoms with Gasteiger partial charge in [-0.05, 0) is 43.0 Å². The fourth-order valence-corrected chi connectivity index (χ4v) is 2.41. The summed E-state index contributed by atoms with van der Waals surface area (Å²) < 4.78 is 0. The van der Waals surface area contributed by atoms with E-state index in [-0.39, 0.29) is 0 Å². The Hall–Kier alpha value is -0.630. The molecule has 1 aliphatic rings. The van der Waals surface area contributed by atoms with E-state index in [0.717, 1.165) is 31.6 Å². The fourth-order valence-electron chi connectivity index (χ4n) is 1.66. The molecule has 1 aromatic rings. The number of thiophene rings is 1. The molecule has 1 saturated carbocycles. The molecule has 1 aromatic heterocycles. The predicted octanol–water partition coefficient (Wildman–Crippen LogP) is 3.44. The number of Topliss-reactive ketones (excluding diaryl/α,β-unsaturated/α-hetero) is 1. The van der Waals surface area contributed by atoms with E-state index in [4.69, 9.17) is 0 Å². The minimum absolute atomic E-state index is 0.476. The van der Waals surface area contributed by atoms with Crippen LogP contribution in [0.4, 0.5) is 0 Å². The van der Waals surface area contributed by atoms with Gasteiger partial charge in [0.15, 0.2) is 0 Å². The molecule has 1 heterocycles. The van der Waals surface area contributed by atoms with Crippen molar-refractivity contribution in [1.29, 1.82) is 0 Å². The Morgan fingerprint density at radius 1 is 1.50 bits per heavy atom. The van der Waals surface area contributed by atoms with Crippen molar-refractivity contribution in [3.8, 4) is 0 Å². The summed E-state index contributed by atoms with van der Waals surface area (Å²) in [6.07, 6.45) is 6.33. The van der Waals surface area contributed by atoms with Crippen LogP contribution >= 0.6 is 11.3 Å². The minimum Gasteiger partial charge on any atom is -0.300 e. The molecule has 0 unspecified atom stereocenters. The van der Waals surface area contributed by atoms with Gasteiger partial charge in [0.25, 0.3) is 0 Å². The van der Waals surface area contributed by atoms with Gasteiger partial charge in [-0.3, -0.25) is 4.79 Å². The SMILES string of the molecule is O=C(CCCc1cccs1)CC1CC1. The molecule has 0 spiro atoms. The summed E-state index contributed by atoms with van der Waals surface area (Å²) in [5.41, 5.74) is 0. The Balaban J connectivity index is 1.60. The first-order valence-electron chi connectivity index (χ1n) is 5.38. The number of carbonyl (C=O) groups excluding carboxylic acids is 1. The summed E-state index contributed by atoms with van der Waals surface area (Å²) in [5, 5.41) is 2.10. The Labute approximate surface area is 89.1 Å². The van der Waals surface area contributed by atoms with E-state index in [9.17, 15) is 4.79 Å². The number of hydrogen-bond acceptors (Lipinski definition) is 2. The van der Waals surface area contributed by atoms with Crippen LogP contribution in [0.1, 0.15) is 37.0 Å². The van der Waals surface area contributed by atoms with Crippen LogP contribution in [0.25, 0.3) is 0 Å². The van der Waals surface area contributed by atoms with Crippen molar-refractivity contribution in [2.75, 3.05) is 0 Å². The fraction of sp³-hybridized carbons (Fsp3) is 0.583. The Morgan fingerprint density at radius 3 is 3.00 bits per heavy atom. The maximum Gasteiger partial charge on any atom is 0.133 e. The molecule has 0 amide bonds. The van der Waals surface area contributed by atoms with Crippen LogP contribution < -0.4 is 0 Å². The van der Waals surface area contributed by atoms with E-state index >= 15 is 0 Å². The van der Waals surface area contributed by atoms with E-state index in [2.05, 4.69) is 17.5 Å². The van der Waals surface area contributed by atoms with Crippen molar-refractivity contribution in [1.82, 2.24) is 0 Å². The lowest BCUT2D eigenvalue weighted by Gasteiger charge is -1.98. The zero-order valence-electron chi connectivity index (χ0n) is 8.37. The molecule has 0 aliphatic heterocycles. The van der Waals surface area contributed by atoms with Crippen LogP contribution in [0, 0.1) is 5.92 Å². The van der Waals surface area contributed by atoms with Crippen LogP contribution in [-0.4, -0.2) is 5.78 Å². The molecular formula is C12H16OS. The zero-order valence-corrected chi connectivity index (χ0v) is 9.19. The highest BCUT2D eigenvalue weighted by atomic mass is 32.1. The molecule has 1 fully saturated rings. The normalized spacial score (nSPS) is 15.7. The summed E-state index contributed by atoms with van der Waals surface area (Å²) in [5.74, 6) is 1.23. The highest BCUT2D eigenvalue weighted by molar-refractivity contribution is 7.09. The molecule has 0 bridgehead atoms. The summed E-state index contributed by atoms with van der Waals surface area (Å²) in [4.78, 5) is 12.8. The quantitative estimate of drug-likeness (QED) is 0.700. The summed E-state index contributed by atoms with van der Waals surface area (Å²) in [6, 6.07) is 4.22. The van der Waals surface area contributed by atoms with Crippen molar-refractivity contribution in [2.24, 2.45) is 5.92 Å². The summed E-state index contributed by atoms with van der Waals surface area (Å²) >= 11 is 1.79. The second-order valence-corrected chi connectivity index (χ2v) is 5.15. The number of carbonyl (C=O) groups is 1. The van der Waals surface area contributed by atoms with Crippen molar-refractivity contribution in [2.45, 2.75) is 38.5 Å². The number of hydrogen-bond donors (Lipinski definition) is 0. The van der Waals surface area contributed by atoms with Gasteiger partial charge in [-0.25, -0.2) is 0 Å². The van der Waals surface area contributed by atoms with E-state index in [1.165, 1.54) is 17.7 Å². The Bertz CT molecular complexity index is 285. The van der Waals surface area contributed by atoms with Crippen molar-refractivity contribution >= 4 is 17.1 Å². The lowest BCUT2D eigenvalue weighted by atomic mass is 10.1. The number of ketones is 1. The maximum atomic E-state index is 11.4. The largest absolute Gasteiger partial charge is 0.300 e. The number of rotatable bonds is 6. The van der Waals surface area contributed by atoms with Gasteiger partial charge in [0.1, 0.15) is 5.78 Å². The average molecular weight is 208 g/mol. The minimum atomic E-state index is 0.476. The molecule has 1 nitrogen and oxygen atoms in total. The van der Waals surface area contributed by atoms with Gasteiger partial charge in [-0.2, -0.15) is 0 Å². The summed E-state index contributed by atoms with van der Waals surface area (Å²) in [6.45, 7) is 0. The van der Waals surface area contributed by atoms with E-state index < -0.39 is 0 Å². The van der Waals surface area contributed by atoms with Gasteiger partial charge in [-0.15, -0.1) is 11.3 Å². The molecule has 0 aromatic carbocycles. The van der Waals surface area contributed by atoms with Crippen LogP contribution in [-0.2, 0) is 11.2 Å². The molecular weight excluding hydrogens is 192 g/mol. The maximum absolute atomic E-state index is 11.4. The monoisotopic (exact) mass is 208 g/mol. The molecule has 1 aliphatic carbocycles. The van der Waals surface area contributed by atoms with Gasteiger partial charge in [0, 0.05) is 17.7 Å². The second kappa shape index (κ2) is 4.74. The Kier molecular flexibility index (Phi) is 3.35. The second-order valence-electron chi connectivity index (χ2n) is 4.12. The standard InChI is InChI=1S/C12H16OS/c13-11(9-10-6-7-10)3-1-4-12-5-2-8-14-12/h2,5,8,10H,1,3-4,6-7,9H2. The smallest absolute Gasteiger partial charge is 0.133 e. The van der Waals surface area contributed by atoms with Crippen LogP contribution in [0.15, 0.2) is 17.5 Å². The molecule has 0 radical (unpaired) electrons. The highest BCUT2D eigenvalue weighted by Gasteiger charge is 2.23. The van der Waals surface area contributed by atoms with E-state index in [0.29, 0.717) is 5.78 Å². The molecule has 0 saturated heterocycles. The summed E-state index contributed by atoms with van der Waals surface area (Å²) in [7, 11) is 0. The molecule has 2 rings (SSSR count). The first-order chi connectivity index (χ1) is 6.84. The van der Waals surface area contributed by atoms with Crippen LogP contribution in [0.5, 0.6) is 0 Å². The molecule has 0 N–H and O–H groups in total. The predicted molar refractivity (Wildman–Crippen MR) is 59.6 cm³/mol. The van der Waals surface area contributed by atoms with Gasteiger partial charge < -0.3 is 0 Å². The van der Waals surface area contributed by atoms with Gasteiger partial charge in [0.05, 0.1) is 0 Å². The third-order valence-electron chi connectivity index (χ3n) is 2.67. The average Bonchev–Trinajstić information content (AvgIpc) is 2.82. The van der Waals surface area contributed by atoms with Crippen LogP contribution in [0.2, 0.25) is 0 Å². The Morgan fingerprint density at radius 2 is 2.36 bits per heavy atom. The lowest BCUT2D eigenvalue weighted by Crippen LogP contribution is -1.99. The highest BCUT2D eigenvalue weighted by Crippen LogP contribution is 2.33. The topological polar surface area (TPSA) is 17.1 Å². The molecule has 0 atom stereocenters. The van der Waals surface area contributed by atoms with Gasteiger partial charge in [-0.1, -0.05) is 6.07 Å². The first kappa shape index (κ1) is 9.91. The van der Waals surface area contributed by atoms with Gasteiger partial charge in [0.2, 0.25) is 0 Å². The number of aryl methyl sites for hydroxylation is 1. The third kappa shape index (κ3) is 3.26. The van der Waals surface area contributed by atoms with Crippen molar-refractivity contribution in [3.05, 3.63) is 22.4 Å². The van der Waals surface area contributed by atoms with Crippen molar-refractivity contribution < 1.29 is 4.79 Å². The van der Waals surface area contributed by atoms with E-state index in [1.807, 2.05) is 0 Å².